The average molecular weight is 316 g/mol. The summed E-state index contributed by atoms with van der Waals surface area (Å²) < 4.78 is 1.05. The van der Waals surface area contributed by atoms with Crippen LogP contribution in [0.5, 0.6) is 0 Å². The van der Waals surface area contributed by atoms with E-state index >= 15 is 0 Å². The maximum Gasteiger partial charge on any atom is 0.138 e. The van der Waals surface area contributed by atoms with Crippen molar-refractivity contribution >= 4 is 32.7 Å². The largest absolute Gasteiger partial charge is 0.378 e. The van der Waals surface area contributed by atoms with Crippen LogP contribution in [0.15, 0.2) is 46.9 Å². The SMILES string of the molecule is CN(C)c1ccc(-c2nc3ccc(Br)cc3[nH]2)cc1. The molecule has 0 fully saturated rings. The summed E-state index contributed by atoms with van der Waals surface area (Å²) in [6.07, 6.45) is 0. The molecule has 2 aromatic carbocycles. The van der Waals surface area contributed by atoms with Crippen molar-refractivity contribution in [1.82, 2.24) is 9.97 Å². The molecule has 0 aliphatic rings. The second kappa shape index (κ2) is 4.70. The summed E-state index contributed by atoms with van der Waals surface area (Å²) in [7, 11) is 4.07. The van der Waals surface area contributed by atoms with Gasteiger partial charge in [-0.15, -0.1) is 0 Å². The van der Waals surface area contributed by atoms with Gasteiger partial charge in [-0.25, -0.2) is 4.98 Å². The Balaban J connectivity index is 2.03. The van der Waals surface area contributed by atoms with E-state index in [1.807, 2.05) is 32.3 Å². The van der Waals surface area contributed by atoms with Crippen LogP contribution in [-0.4, -0.2) is 24.1 Å². The highest BCUT2D eigenvalue weighted by Gasteiger charge is 2.06. The van der Waals surface area contributed by atoms with Gasteiger partial charge in [0.2, 0.25) is 0 Å². The Bertz CT molecular complexity index is 714. The lowest BCUT2D eigenvalue weighted by Crippen LogP contribution is -2.07. The second-order valence-electron chi connectivity index (χ2n) is 4.69. The number of rotatable bonds is 2. The summed E-state index contributed by atoms with van der Waals surface area (Å²) in [5.41, 5.74) is 4.30. The topological polar surface area (TPSA) is 31.9 Å². The van der Waals surface area contributed by atoms with Crippen molar-refractivity contribution in [3.8, 4) is 11.4 Å². The molecule has 0 saturated carbocycles. The molecular formula is C15H14BrN3. The van der Waals surface area contributed by atoms with Crippen LogP contribution in [0, 0.1) is 0 Å². The van der Waals surface area contributed by atoms with Crippen molar-refractivity contribution in [2.75, 3.05) is 19.0 Å². The van der Waals surface area contributed by atoms with Crippen LogP contribution in [0.3, 0.4) is 0 Å². The van der Waals surface area contributed by atoms with Crippen molar-refractivity contribution in [2.45, 2.75) is 0 Å². The van der Waals surface area contributed by atoms with Crippen LogP contribution in [-0.2, 0) is 0 Å². The predicted octanol–water partition coefficient (Wildman–Crippen LogP) is 4.06. The summed E-state index contributed by atoms with van der Waals surface area (Å²) >= 11 is 3.47. The first-order valence-corrected chi connectivity index (χ1v) is 6.86. The molecule has 3 nitrogen and oxygen atoms in total. The lowest BCUT2D eigenvalue weighted by Gasteiger charge is -2.11. The number of anilines is 1. The normalized spacial score (nSPS) is 10.9. The van der Waals surface area contributed by atoms with Gasteiger partial charge >= 0.3 is 0 Å². The lowest BCUT2D eigenvalue weighted by molar-refractivity contribution is 1.13. The summed E-state index contributed by atoms with van der Waals surface area (Å²) in [4.78, 5) is 10.0. The number of aromatic amines is 1. The third kappa shape index (κ3) is 2.36. The zero-order valence-corrected chi connectivity index (χ0v) is 12.4. The fourth-order valence-electron chi connectivity index (χ4n) is 2.04. The van der Waals surface area contributed by atoms with E-state index in [2.05, 4.69) is 55.1 Å². The number of nitrogens with zero attached hydrogens (tertiary/aromatic N) is 2. The first kappa shape index (κ1) is 12.2. The van der Waals surface area contributed by atoms with E-state index in [0.717, 1.165) is 26.9 Å². The molecule has 1 aromatic heterocycles. The maximum absolute atomic E-state index is 4.61. The van der Waals surface area contributed by atoms with Crippen molar-refractivity contribution < 1.29 is 0 Å². The number of hydrogen-bond acceptors (Lipinski definition) is 2. The fourth-order valence-corrected chi connectivity index (χ4v) is 2.40. The predicted molar refractivity (Wildman–Crippen MR) is 83.6 cm³/mol. The van der Waals surface area contributed by atoms with Crippen LogP contribution in [0.25, 0.3) is 22.4 Å². The van der Waals surface area contributed by atoms with E-state index < -0.39 is 0 Å². The van der Waals surface area contributed by atoms with Crippen LogP contribution in [0.4, 0.5) is 5.69 Å². The molecular weight excluding hydrogens is 302 g/mol. The molecule has 0 aliphatic carbocycles. The van der Waals surface area contributed by atoms with Crippen LogP contribution >= 0.6 is 15.9 Å². The summed E-state index contributed by atoms with van der Waals surface area (Å²) in [5.74, 6) is 0.901. The van der Waals surface area contributed by atoms with Gasteiger partial charge in [-0.2, -0.15) is 0 Å². The van der Waals surface area contributed by atoms with Crippen molar-refractivity contribution in [1.29, 1.82) is 0 Å². The minimum atomic E-state index is 0.901. The van der Waals surface area contributed by atoms with Crippen LogP contribution in [0.1, 0.15) is 0 Å². The lowest BCUT2D eigenvalue weighted by atomic mass is 10.2. The summed E-state index contributed by atoms with van der Waals surface area (Å²) in [6.45, 7) is 0. The smallest absolute Gasteiger partial charge is 0.138 e. The van der Waals surface area contributed by atoms with Crippen LogP contribution in [0.2, 0.25) is 0 Å². The molecule has 1 heterocycles. The highest BCUT2D eigenvalue weighted by Crippen LogP contribution is 2.24. The van der Waals surface area contributed by atoms with E-state index in [4.69, 9.17) is 0 Å². The molecule has 96 valence electrons. The second-order valence-corrected chi connectivity index (χ2v) is 5.60. The third-order valence-corrected chi connectivity index (χ3v) is 3.59. The number of H-pyrrole nitrogens is 1. The fraction of sp³-hybridized carbons (Fsp3) is 0.133. The van der Waals surface area contributed by atoms with E-state index in [-0.39, 0.29) is 0 Å². The quantitative estimate of drug-likeness (QED) is 0.773. The number of benzene rings is 2. The van der Waals surface area contributed by atoms with Gasteiger partial charge in [-0.1, -0.05) is 15.9 Å². The molecule has 0 saturated heterocycles. The first-order chi connectivity index (χ1) is 9.13. The van der Waals surface area contributed by atoms with Gasteiger partial charge in [-0.3, -0.25) is 0 Å². The van der Waals surface area contributed by atoms with Crippen LogP contribution < -0.4 is 4.90 Å². The maximum atomic E-state index is 4.61. The minimum Gasteiger partial charge on any atom is -0.378 e. The minimum absolute atomic E-state index is 0.901. The number of fused-ring (bicyclic) bond motifs is 1. The molecule has 3 aromatic rings. The third-order valence-electron chi connectivity index (χ3n) is 3.10. The van der Waals surface area contributed by atoms with Gasteiger partial charge in [-0.05, 0) is 42.5 Å². The molecule has 19 heavy (non-hydrogen) atoms. The Labute approximate surface area is 120 Å². The zero-order chi connectivity index (χ0) is 13.4. The number of aromatic nitrogens is 2. The molecule has 0 atom stereocenters. The zero-order valence-electron chi connectivity index (χ0n) is 10.8. The van der Waals surface area contributed by atoms with Gasteiger partial charge < -0.3 is 9.88 Å². The standard InChI is InChI=1S/C15H14BrN3/c1-19(2)12-6-3-10(4-7-12)15-17-13-8-5-11(16)9-14(13)18-15/h3-9H,1-2H3,(H,17,18). The molecule has 0 bridgehead atoms. The number of hydrogen-bond donors (Lipinski definition) is 1. The Morgan fingerprint density at radius 3 is 2.47 bits per heavy atom. The molecule has 0 spiro atoms. The Morgan fingerprint density at radius 2 is 1.79 bits per heavy atom. The average Bonchev–Trinajstić information content (AvgIpc) is 2.81. The number of imidazole rings is 1. The summed E-state index contributed by atoms with van der Waals surface area (Å²) in [6, 6.07) is 14.4. The monoisotopic (exact) mass is 315 g/mol. The molecule has 3 rings (SSSR count). The number of nitrogens with one attached hydrogen (secondary N) is 1. The van der Waals surface area contributed by atoms with Crippen molar-refractivity contribution in [3.63, 3.8) is 0 Å². The Hall–Kier alpha value is -1.81. The first-order valence-electron chi connectivity index (χ1n) is 6.06. The van der Waals surface area contributed by atoms with Gasteiger partial charge in [0.05, 0.1) is 11.0 Å². The highest BCUT2D eigenvalue weighted by molar-refractivity contribution is 9.10. The molecule has 1 N–H and O–H groups in total. The molecule has 4 heteroatoms. The molecule has 0 amide bonds. The van der Waals surface area contributed by atoms with Crippen molar-refractivity contribution in [2.24, 2.45) is 0 Å². The highest BCUT2D eigenvalue weighted by atomic mass is 79.9. The molecule has 0 aliphatic heterocycles. The van der Waals surface area contributed by atoms with Crippen molar-refractivity contribution in [3.05, 3.63) is 46.9 Å². The van der Waals surface area contributed by atoms with E-state index in [9.17, 15) is 0 Å². The molecule has 0 unspecified atom stereocenters. The van der Waals surface area contributed by atoms with Gasteiger partial charge in [0.15, 0.2) is 0 Å². The van der Waals surface area contributed by atoms with Gasteiger partial charge in [0, 0.05) is 29.8 Å². The Kier molecular flexibility index (Phi) is 3.03. The summed E-state index contributed by atoms with van der Waals surface area (Å²) in [5, 5.41) is 0. The van der Waals surface area contributed by atoms with E-state index in [1.54, 1.807) is 0 Å². The van der Waals surface area contributed by atoms with Gasteiger partial charge in [0.1, 0.15) is 5.82 Å². The molecule has 0 radical (unpaired) electrons. The number of halogens is 1. The van der Waals surface area contributed by atoms with E-state index in [1.165, 1.54) is 5.69 Å². The van der Waals surface area contributed by atoms with E-state index in [0.29, 0.717) is 0 Å². The Morgan fingerprint density at radius 1 is 1.05 bits per heavy atom. The van der Waals surface area contributed by atoms with Gasteiger partial charge in [0.25, 0.3) is 0 Å².